The highest BCUT2D eigenvalue weighted by Crippen LogP contribution is 2.33. The van der Waals surface area contributed by atoms with E-state index < -0.39 is 11.7 Å². The maximum Gasteiger partial charge on any atom is 0.419 e. The number of rotatable bonds is 5. The molecule has 0 spiro atoms. The van der Waals surface area contributed by atoms with Crippen LogP contribution in [0.5, 0.6) is 5.75 Å². The molecule has 3 nitrogen and oxygen atoms in total. The first-order valence-corrected chi connectivity index (χ1v) is 6.43. The molecule has 1 heterocycles. The van der Waals surface area contributed by atoms with Gasteiger partial charge in [-0.15, -0.1) is 0 Å². The monoisotopic (exact) mass is 296 g/mol. The third-order valence-corrected chi connectivity index (χ3v) is 2.86. The second kappa shape index (κ2) is 6.47. The standard InChI is InChI=1S/C15H15F3N2O/c1-11-5-2-3-7-13(11)21-10-9-20-14-12(15(16,17)18)6-4-8-19-14/h2-8H,9-10H2,1H3,(H,19,20). The highest BCUT2D eigenvalue weighted by molar-refractivity contribution is 5.45. The summed E-state index contributed by atoms with van der Waals surface area (Å²) in [5.41, 5.74) is 0.201. The number of anilines is 1. The molecule has 0 aliphatic heterocycles. The fourth-order valence-corrected chi connectivity index (χ4v) is 1.82. The zero-order valence-corrected chi connectivity index (χ0v) is 11.4. The van der Waals surface area contributed by atoms with Crippen LogP contribution in [0, 0.1) is 6.92 Å². The van der Waals surface area contributed by atoms with Crippen molar-refractivity contribution in [3.8, 4) is 5.75 Å². The van der Waals surface area contributed by atoms with Crippen molar-refractivity contribution < 1.29 is 17.9 Å². The van der Waals surface area contributed by atoms with Crippen LogP contribution >= 0.6 is 0 Å². The van der Waals surface area contributed by atoms with Crippen LogP contribution in [0.3, 0.4) is 0 Å². The maximum absolute atomic E-state index is 12.8. The number of halogens is 3. The molecule has 0 aliphatic rings. The molecule has 0 radical (unpaired) electrons. The Bertz CT molecular complexity index is 599. The molecule has 1 N–H and O–H groups in total. The van der Waals surface area contributed by atoms with Crippen molar-refractivity contribution in [3.63, 3.8) is 0 Å². The van der Waals surface area contributed by atoms with Gasteiger partial charge in [-0.3, -0.25) is 0 Å². The quantitative estimate of drug-likeness (QED) is 0.850. The summed E-state index contributed by atoms with van der Waals surface area (Å²) in [7, 11) is 0. The smallest absolute Gasteiger partial charge is 0.419 e. The molecule has 0 bridgehead atoms. The highest BCUT2D eigenvalue weighted by atomic mass is 19.4. The molecule has 0 amide bonds. The number of nitrogens with zero attached hydrogens (tertiary/aromatic N) is 1. The lowest BCUT2D eigenvalue weighted by molar-refractivity contribution is -0.137. The van der Waals surface area contributed by atoms with E-state index >= 15 is 0 Å². The number of ether oxygens (including phenoxy) is 1. The molecule has 0 aliphatic carbocycles. The van der Waals surface area contributed by atoms with Crippen molar-refractivity contribution in [2.75, 3.05) is 18.5 Å². The van der Waals surface area contributed by atoms with Gasteiger partial charge >= 0.3 is 6.18 Å². The van der Waals surface area contributed by atoms with Gasteiger partial charge in [0.25, 0.3) is 0 Å². The van der Waals surface area contributed by atoms with E-state index in [1.165, 1.54) is 12.3 Å². The molecule has 2 rings (SSSR count). The Hall–Kier alpha value is -2.24. The molecular formula is C15H15F3N2O. The van der Waals surface area contributed by atoms with Crippen LogP contribution in [-0.4, -0.2) is 18.1 Å². The summed E-state index contributed by atoms with van der Waals surface area (Å²) in [6.07, 6.45) is -3.10. The van der Waals surface area contributed by atoms with E-state index in [4.69, 9.17) is 4.74 Å². The Morgan fingerprint density at radius 1 is 1.14 bits per heavy atom. The van der Waals surface area contributed by atoms with E-state index in [9.17, 15) is 13.2 Å². The van der Waals surface area contributed by atoms with Gasteiger partial charge in [0.1, 0.15) is 18.2 Å². The third-order valence-electron chi connectivity index (χ3n) is 2.86. The third kappa shape index (κ3) is 4.11. The summed E-state index contributed by atoms with van der Waals surface area (Å²) < 4.78 is 43.8. The number of para-hydroxylation sites is 1. The molecule has 0 saturated carbocycles. The van der Waals surface area contributed by atoms with Gasteiger partial charge in [-0.2, -0.15) is 13.2 Å². The van der Waals surface area contributed by atoms with Crippen LogP contribution in [-0.2, 0) is 6.18 Å². The van der Waals surface area contributed by atoms with Gasteiger partial charge in [0.2, 0.25) is 0 Å². The van der Waals surface area contributed by atoms with Crippen LogP contribution in [0.15, 0.2) is 42.6 Å². The normalized spacial score (nSPS) is 11.2. The van der Waals surface area contributed by atoms with Gasteiger partial charge in [-0.05, 0) is 30.7 Å². The molecule has 0 unspecified atom stereocenters. The summed E-state index contributed by atoms with van der Waals surface area (Å²) in [6, 6.07) is 9.72. The van der Waals surface area contributed by atoms with Crippen LogP contribution in [0.1, 0.15) is 11.1 Å². The summed E-state index contributed by atoms with van der Waals surface area (Å²) in [5, 5.41) is 2.65. The van der Waals surface area contributed by atoms with Gasteiger partial charge in [0.15, 0.2) is 0 Å². The molecule has 1 aromatic carbocycles. The largest absolute Gasteiger partial charge is 0.491 e. The van der Waals surface area contributed by atoms with Crippen molar-refractivity contribution >= 4 is 5.82 Å². The highest BCUT2D eigenvalue weighted by Gasteiger charge is 2.33. The van der Waals surface area contributed by atoms with Crippen molar-refractivity contribution in [1.29, 1.82) is 0 Å². The fourth-order valence-electron chi connectivity index (χ4n) is 1.82. The molecule has 1 aromatic heterocycles. The van der Waals surface area contributed by atoms with Gasteiger partial charge < -0.3 is 10.1 Å². The number of nitrogens with one attached hydrogen (secondary N) is 1. The van der Waals surface area contributed by atoms with Gasteiger partial charge in [0, 0.05) is 6.20 Å². The van der Waals surface area contributed by atoms with Crippen molar-refractivity contribution in [2.24, 2.45) is 0 Å². The van der Waals surface area contributed by atoms with E-state index in [2.05, 4.69) is 10.3 Å². The van der Waals surface area contributed by atoms with Gasteiger partial charge in [-0.1, -0.05) is 18.2 Å². The lowest BCUT2D eigenvalue weighted by Crippen LogP contribution is -2.17. The minimum Gasteiger partial charge on any atom is -0.491 e. The van der Waals surface area contributed by atoms with Gasteiger partial charge in [0.05, 0.1) is 12.1 Å². The molecule has 0 fully saturated rings. The Balaban J connectivity index is 1.91. The lowest BCUT2D eigenvalue weighted by atomic mass is 10.2. The van der Waals surface area contributed by atoms with E-state index in [0.29, 0.717) is 0 Å². The predicted molar refractivity (Wildman–Crippen MR) is 74.4 cm³/mol. The van der Waals surface area contributed by atoms with Crippen LogP contribution in [0.25, 0.3) is 0 Å². The maximum atomic E-state index is 12.8. The molecule has 112 valence electrons. The average Bonchev–Trinajstić information content (AvgIpc) is 2.45. The zero-order chi connectivity index (χ0) is 15.3. The topological polar surface area (TPSA) is 34.1 Å². The Labute approximate surface area is 120 Å². The second-order valence-corrected chi connectivity index (χ2v) is 4.44. The zero-order valence-electron chi connectivity index (χ0n) is 11.4. The minimum absolute atomic E-state index is 0.182. The Kier molecular flexibility index (Phi) is 4.67. The Morgan fingerprint density at radius 3 is 2.62 bits per heavy atom. The summed E-state index contributed by atoms with van der Waals surface area (Å²) in [4.78, 5) is 3.72. The van der Waals surface area contributed by atoms with E-state index in [-0.39, 0.29) is 19.0 Å². The van der Waals surface area contributed by atoms with Crippen LogP contribution in [0.2, 0.25) is 0 Å². The molecular weight excluding hydrogens is 281 g/mol. The number of alkyl halides is 3. The van der Waals surface area contributed by atoms with Crippen LogP contribution < -0.4 is 10.1 Å². The fraction of sp³-hybridized carbons (Fsp3) is 0.267. The predicted octanol–water partition coefficient (Wildman–Crippen LogP) is 3.90. The first-order valence-electron chi connectivity index (χ1n) is 6.43. The number of benzene rings is 1. The van der Waals surface area contributed by atoms with Crippen LogP contribution in [0.4, 0.5) is 19.0 Å². The van der Waals surface area contributed by atoms with Crippen molar-refractivity contribution in [2.45, 2.75) is 13.1 Å². The molecule has 0 saturated heterocycles. The lowest BCUT2D eigenvalue weighted by Gasteiger charge is -2.14. The molecule has 6 heteroatoms. The van der Waals surface area contributed by atoms with Crippen molar-refractivity contribution in [1.82, 2.24) is 4.98 Å². The summed E-state index contributed by atoms with van der Waals surface area (Å²) >= 11 is 0. The molecule has 21 heavy (non-hydrogen) atoms. The average molecular weight is 296 g/mol. The van der Waals surface area contributed by atoms with Crippen molar-refractivity contribution in [3.05, 3.63) is 53.7 Å². The van der Waals surface area contributed by atoms with E-state index in [0.717, 1.165) is 17.4 Å². The SMILES string of the molecule is Cc1ccccc1OCCNc1ncccc1C(F)(F)F. The first kappa shape index (κ1) is 15.2. The minimum atomic E-state index is -4.42. The summed E-state index contributed by atoms with van der Waals surface area (Å²) in [6.45, 7) is 2.39. The Morgan fingerprint density at radius 2 is 1.90 bits per heavy atom. The second-order valence-electron chi connectivity index (χ2n) is 4.44. The number of aromatic nitrogens is 1. The van der Waals surface area contributed by atoms with Gasteiger partial charge in [-0.25, -0.2) is 4.98 Å². The number of hydrogen-bond donors (Lipinski definition) is 1. The number of hydrogen-bond acceptors (Lipinski definition) is 3. The number of pyridine rings is 1. The molecule has 2 aromatic rings. The number of aryl methyl sites for hydroxylation is 1. The summed E-state index contributed by atoms with van der Waals surface area (Å²) in [5.74, 6) is 0.537. The van der Waals surface area contributed by atoms with E-state index in [1.54, 1.807) is 0 Å². The molecule has 0 atom stereocenters. The van der Waals surface area contributed by atoms with E-state index in [1.807, 2.05) is 31.2 Å². The first-order chi connectivity index (χ1) is 9.98.